The predicted molar refractivity (Wildman–Crippen MR) is 43.9 cm³/mol. The lowest BCUT2D eigenvalue weighted by Crippen LogP contribution is -2.33. The molecule has 1 N–H and O–H groups in total. The van der Waals surface area contributed by atoms with Gasteiger partial charge in [0, 0.05) is 6.04 Å². The van der Waals surface area contributed by atoms with Crippen LogP contribution in [0.5, 0.6) is 0 Å². The number of likely N-dealkylation sites (N-methyl/N-ethyl adjacent to an activating group) is 1. The van der Waals surface area contributed by atoms with Gasteiger partial charge in [0.05, 0.1) is 0 Å². The van der Waals surface area contributed by atoms with Crippen LogP contribution in [0.15, 0.2) is 17.4 Å². The van der Waals surface area contributed by atoms with Crippen molar-refractivity contribution < 1.29 is 0 Å². The third kappa shape index (κ3) is 1.31. The molecule has 0 fully saturated rings. The van der Waals surface area contributed by atoms with Crippen LogP contribution in [0.4, 0.5) is 0 Å². The van der Waals surface area contributed by atoms with Crippen molar-refractivity contribution >= 4 is 0 Å². The lowest BCUT2D eigenvalue weighted by molar-refractivity contribution is 0.441. The highest BCUT2D eigenvalue weighted by molar-refractivity contribution is 5.13. The normalized spacial score (nSPS) is 32.1. The summed E-state index contributed by atoms with van der Waals surface area (Å²) in [5.41, 5.74) is 4.58. The number of hydrogen-bond donors (Lipinski definition) is 1. The quantitative estimate of drug-likeness (QED) is 0.542. The van der Waals surface area contributed by atoms with Gasteiger partial charge in [0.25, 0.3) is 0 Å². The van der Waals surface area contributed by atoms with Gasteiger partial charge >= 0.3 is 0 Å². The first-order chi connectivity index (χ1) is 4.75. The zero-order valence-corrected chi connectivity index (χ0v) is 6.94. The van der Waals surface area contributed by atoms with E-state index >= 15 is 0 Å². The maximum absolute atomic E-state index is 3.28. The van der Waals surface area contributed by atoms with Gasteiger partial charge < -0.3 is 5.32 Å². The van der Waals surface area contributed by atoms with Gasteiger partial charge in [0.2, 0.25) is 0 Å². The molecule has 1 aliphatic carbocycles. The van der Waals surface area contributed by atoms with E-state index in [9.17, 15) is 0 Å². The summed E-state index contributed by atoms with van der Waals surface area (Å²) in [5, 5.41) is 3.28. The SMILES string of the molecule is CNC1C(C)=C=CC[C@@H]1C. The van der Waals surface area contributed by atoms with Crippen LogP contribution in [0.25, 0.3) is 0 Å². The van der Waals surface area contributed by atoms with Crippen LogP contribution in [-0.4, -0.2) is 13.1 Å². The Labute approximate surface area is 62.8 Å². The summed E-state index contributed by atoms with van der Waals surface area (Å²) >= 11 is 0. The summed E-state index contributed by atoms with van der Waals surface area (Å²) in [5.74, 6) is 0.728. The van der Waals surface area contributed by atoms with Gasteiger partial charge in [-0.05, 0) is 38.0 Å². The van der Waals surface area contributed by atoms with E-state index < -0.39 is 0 Å². The highest BCUT2D eigenvalue weighted by Gasteiger charge is 2.17. The van der Waals surface area contributed by atoms with Crippen LogP contribution in [0.2, 0.25) is 0 Å². The zero-order valence-electron chi connectivity index (χ0n) is 6.94. The molecule has 56 valence electrons. The van der Waals surface area contributed by atoms with Crippen LogP contribution in [0, 0.1) is 5.92 Å². The van der Waals surface area contributed by atoms with Crippen molar-refractivity contribution in [2.24, 2.45) is 5.92 Å². The molecule has 0 radical (unpaired) electrons. The Morgan fingerprint density at radius 2 is 2.40 bits per heavy atom. The largest absolute Gasteiger partial charge is 0.313 e. The molecular formula is C9H15N. The topological polar surface area (TPSA) is 12.0 Å². The van der Waals surface area contributed by atoms with Crippen molar-refractivity contribution in [3.63, 3.8) is 0 Å². The molecule has 0 aromatic heterocycles. The van der Waals surface area contributed by atoms with Crippen molar-refractivity contribution in [2.75, 3.05) is 7.05 Å². The molecule has 1 unspecified atom stereocenters. The number of hydrogen-bond acceptors (Lipinski definition) is 1. The van der Waals surface area contributed by atoms with Gasteiger partial charge in [0.15, 0.2) is 0 Å². The Kier molecular flexibility index (Phi) is 2.31. The minimum atomic E-state index is 0.546. The Bertz CT molecular complexity index is 175. The summed E-state index contributed by atoms with van der Waals surface area (Å²) in [6, 6.07) is 0.546. The summed E-state index contributed by atoms with van der Waals surface area (Å²) < 4.78 is 0. The predicted octanol–water partition coefficient (Wildman–Crippen LogP) is 1.72. The van der Waals surface area contributed by atoms with Crippen molar-refractivity contribution in [1.82, 2.24) is 5.32 Å². The zero-order chi connectivity index (χ0) is 7.56. The van der Waals surface area contributed by atoms with Crippen LogP contribution in [-0.2, 0) is 0 Å². The summed E-state index contributed by atoms with van der Waals surface area (Å²) in [6.07, 6.45) is 3.29. The number of rotatable bonds is 1. The van der Waals surface area contributed by atoms with Crippen LogP contribution >= 0.6 is 0 Å². The van der Waals surface area contributed by atoms with Gasteiger partial charge in [-0.2, -0.15) is 0 Å². The molecule has 1 rings (SSSR count). The first kappa shape index (κ1) is 7.59. The highest BCUT2D eigenvalue weighted by Crippen LogP contribution is 2.18. The molecule has 0 amide bonds. The van der Waals surface area contributed by atoms with Crippen molar-refractivity contribution in [2.45, 2.75) is 26.3 Å². The maximum Gasteiger partial charge on any atom is 0.0378 e. The molecule has 10 heavy (non-hydrogen) atoms. The molecule has 0 aliphatic heterocycles. The van der Waals surface area contributed by atoms with Crippen LogP contribution in [0.1, 0.15) is 20.3 Å². The lowest BCUT2D eigenvalue weighted by Gasteiger charge is -2.24. The van der Waals surface area contributed by atoms with E-state index in [0.717, 1.165) is 12.3 Å². The molecule has 0 spiro atoms. The van der Waals surface area contributed by atoms with E-state index in [2.05, 4.69) is 31.0 Å². The Morgan fingerprint density at radius 3 is 2.80 bits per heavy atom. The fraction of sp³-hybridized carbons (Fsp3) is 0.667. The fourth-order valence-electron chi connectivity index (χ4n) is 1.56. The standard InChI is InChI=1S/C9H15N/c1-7-5-4-6-8(2)9(7)10-3/h4,7,9-10H,5H2,1-3H3/t7-,9?/m0/s1. The average molecular weight is 137 g/mol. The molecule has 1 heteroatoms. The van der Waals surface area contributed by atoms with Gasteiger partial charge in [-0.3, -0.25) is 0 Å². The summed E-state index contributed by atoms with van der Waals surface area (Å²) in [7, 11) is 2.01. The average Bonchev–Trinajstić information content (AvgIpc) is 1.88. The minimum absolute atomic E-state index is 0.546. The molecule has 0 aromatic carbocycles. The van der Waals surface area contributed by atoms with Crippen molar-refractivity contribution in [3.05, 3.63) is 17.4 Å². The highest BCUT2D eigenvalue weighted by atomic mass is 14.9. The first-order valence-corrected chi connectivity index (χ1v) is 3.84. The van der Waals surface area contributed by atoms with Crippen LogP contribution in [0.3, 0.4) is 0 Å². The summed E-state index contributed by atoms with van der Waals surface area (Å²) in [6.45, 7) is 4.40. The van der Waals surface area contributed by atoms with Crippen molar-refractivity contribution in [3.8, 4) is 0 Å². The van der Waals surface area contributed by atoms with Gasteiger partial charge in [-0.15, -0.1) is 5.73 Å². The van der Waals surface area contributed by atoms with E-state index in [1.165, 1.54) is 5.57 Å². The maximum atomic E-state index is 3.28. The first-order valence-electron chi connectivity index (χ1n) is 3.84. The Hall–Kier alpha value is -0.520. The second-order valence-corrected chi connectivity index (χ2v) is 3.01. The minimum Gasteiger partial charge on any atom is -0.313 e. The molecular weight excluding hydrogens is 122 g/mol. The molecule has 1 nitrogen and oxygen atoms in total. The molecule has 0 saturated heterocycles. The van der Waals surface area contributed by atoms with Crippen LogP contribution < -0.4 is 5.32 Å². The Balaban J connectivity index is 2.76. The molecule has 0 saturated carbocycles. The van der Waals surface area contributed by atoms with E-state index in [0.29, 0.717) is 6.04 Å². The van der Waals surface area contributed by atoms with E-state index in [-0.39, 0.29) is 0 Å². The smallest absolute Gasteiger partial charge is 0.0378 e. The number of nitrogens with one attached hydrogen (secondary N) is 1. The summed E-state index contributed by atoms with van der Waals surface area (Å²) in [4.78, 5) is 0. The molecule has 0 aromatic rings. The third-order valence-corrected chi connectivity index (χ3v) is 2.17. The van der Waals surface area contributed by atoms with E-state index in [1.54, 1.807) is 0 Å². The van der Waals surface area contributed by atoms with E-state index in [1.807, 2.05) is 7.05 Å². The Morgan fingerprint density at radius 1 is 1.70 bits per heavy atom. The second-order valence-electron chi connectivity index (χ2n) is 3.01. The monoisotopic (exact) mass is 137 g/mol. The van der Waals surface area contributed by atoms with Gasteiger partial charge in [0.1, 0.15) is 0 Å². The lowest BCUT2D eigenvalue weighted by atomic mass is 9.90. The third-order valence-electron chi connectivity index (χ3n) is 2.17. The molecule has 1 aliphatic rings. The second kappa shape index (κ2) is 3.05. The fourth-order valence-corrected chi connectivity index (χ4v) is 1.56. The van der Waals surface area contributed by atoms with Gasteiger partial charge in [-0.25, -0.2) is 0 Å². The van der Waals surface area contributed by atoms with Crippen molar-refractivity contribution in [1.29, 1.82) is 0 Å². The molecule has 2 atom stereocenters. The van der Waals surface area contributed by atoms with E-state index in [4.69, 9.17) is 0 Å². The van der Waals surface area contributed by atoms with Gasteiger partial charge in [-0.1, -0.05) is 6.92 Å². The molecule has 0 heterocycles. The molecule has 0 bridgehead atoms.